The first-order chi connectivity index (χ1) is 5.83. The predicted molar refractivity (Wildman–Crippen MR) is 48.4 cm³/mol. The Labute approximate surface area is 71.8 Å². The van der Waals surface area contributed by atoms with Crippen LogP contribution in [0.15, 0.2) is 23.0 Å². The number of hydrogen-bond acceptors (Lipinski definition) is 1. The maximum Gasteiger partial charge on any atom is 0.250 e. The van der Waals surface area contributed by atoms with Gasteiger partial charge < -0.3 is 4.57 Å². The van der Waals surface area contributed by atoms with Crippen LogP contribution in [-0.2, 0) is 6.54 Å². The summed E-state index contributed by atoms with van der Waals surface area (Å²) in [4.78, 5) is 11.3. The average molecular weight is 163 g/mol. The normalized spacial score (nSPS) is 20.9. The number of pyridine rings is 1. The van der Waals surface area contributed by atoms with Crippen LogP contribution < -0.4 is 5.56 Å². The molecule has 0 N–H and O–H groups in total. The molecule has 12 heavy (non-hydrogen) atoms. The molecule has 0 bridgehead atoms. The quantitative estimate of drug-likeness (QED) is 0.618. The molecule has 0 fully saturated rings. The molecule has 2 heteroatoms. The third-order valence-corrected chi connectivity index (χ3v) is 2.70. The highest BCUT2D eigenvalue weighted by molar-refractivity contribution is 5.15. The number of fused-ring (bicyclic) bond motifs is 1. The second-order valence-corrected chi connectivity index (χ2v) is 3.33. The smallest absolute Gasteiger partial charge is 0.250 e. The lowest BCUT2D eigenvalue weighted by molar-refractivity contribution is 0.643. The van der Waals surface area contributed by atoms with Crippen molar-refractivity contribution in [3.8, 4) is 0 Å². The maximum atomic E-state index is 11.3. The van der Waals surface area contributed by atoms with Gasteiger partial charge in [-0.15, -0.1) is 0 Å². The van der Waals surface area contributed by atoms with Gasteiger partial charge in [0.1, 0.15) is 0 Å². The van der Waals surface area contributed by atoms with Gasteiger partial charge in [-0.1, -0.05) is 13.0 Å². The highest BCUT2D eigenvalue weighted by Gasteiger charge is 2.20. The summed E-state index contributed by atoms with van der Waals surface area (Å²) in [6, 6.07) is 5.58. The van der Waals surface area contributed by atoms with Crippen molar-refractivity contribution in [2.75, 3.05) is 0 Å². The van der Waals surface area contributed by atoms with Gasteiger partial charge in [-0.25, -0.2) is 0 Å². The summed E-state index contributed by atoms with van der Waals surface area (Å²) in [7, 11) is 0. The molecule has 1 aromatic heterocycles. The zero-order chi connectivity index (χ0) is 8.55. The van der Waals surface area contributed by atoms with E-state index in [1.54, 1.807) is 6.07 Å². The van der Waals surface area contributed by atoms with Gasteiger partial charge in [0.2, 0.25) is 0 Å². The van der Waals surface area contributed by atoms with E-state index in [9.17, 15) is 4.79 Å². The summed E-state index contributed by atoms with van der Waals surface area (Å²) in [6.07, 6.45) is 2.28. The van der Waals surface area contributed by atoms with Crippen molar-refractivity contribution in [1.29, 1.82) is 0 Å². The van der Waals surface area contributed by atoms with Crippen molar-refractivity contribution in [2.24, 2.45) is 0 Å². The van der Waals surface area contributed by atoms with Crippen molar-refractivity contribution < 1.29 is 0 Å². The molecule has 1 aromatic rings. The summed E-state index contributed by atoms with van der Waals surface area (Å²) in [6.45, 7) is 3.09. The van der Waals surface area contributed by atoms with Crippen LogP contribution in [0, 0.1) is 0 Å². The molecule has 0 saturated carbocycles. The van der Waals surface area contributed by atoms with E-state index in [0.717, 1.165) is 19.4 Å². The monoisotopic (exact) mass is 163 g/mol. The van der Waals surface area contributed by atoms with Gasteiger partial charge in [0.25, 0.3) is 5.56 Å². The largest absolute Gasteiger partial charge is 0.312 e. The van der Waals surface area contributed by atoms with Crippen LogP contribution in [0.2, 0.25) is 0 Å². The Morgan fingerprint density at radius 1 is 1.58 bits per heavy atom. The molecular formula is C10H13NO. The Morgan fingerprint density at radius 2 is 2.42 bits per heavy atom. The molecule has 0 spiro atoms. The third kappa shape index (κ3) is 0.986. The zero-order valence-electron chi connectivity index (χ0n) is 7.29. The van der Waals surface area contributed by atoms with Gasteiger partial charge in [-0.2, -0.15) is 0 Å². The van der Waals surface area contributed by atoms with E-state index >= 15 is 0 Å². The highest BCUT2D eigenvalue weighted by atomic mass is 16.1. The van der Waals surface area contributed by atoms with Crippen LogP contribution in [0.4, 0.5) is 0 Å². The topological polar surface area (TPSA) is 22.0 Å². The minimum atomic E-state index is 0.156. The van der Waals surface area contributed by atoms with E-state index in [1.165, 1.54) is 5.69 Å². The minimum Gasteiger partial charge on any atom is -0.312 e. The molecule has 0 saturated heterocycles. The molecule has 1 aliphatic heterocycles. The molecule has 2 heterocycles. The van der Waals surface area contributed by atoms with Crippen LogP contribution in [-0.4, -0.2) is 4.57 Å². The fraction of sp³-hybridized carbons (Fsp3) is 0.500. The first-order valence-electron chi connectivity index (χ1n) is 4.52. The Kier molecular flexibility index (Phi) is 1.75. The van der Waals surface area contributed by atoms with Crippen LogP contribution in [0.5, 0.6) is 0 Å². The van der Waals surface area contributed by atoms with Crippen LogP contribution in [0.3, 0.4) is 0 Å². The standard InChI is InChI=1S/C10H13NO/c1-2-8-6-7-11-9(8)4-3-5-10(11)12/h3-5,8H,2,6-7H2,1H3. The second kappa shape index (κ2) is 2.77. The van der Waals surface area contributed by atoms with Crippen molar-refractivity contribution in [3.63, 3.8) is 0 Å². The molecule has 0 aliphatic carbocycles. The van der Waals surface area contributed by atoms with E-state index < -0.39 is 0 Å². The van der Waals surface area contributed by atoms with Gasteiger partial charge in [0.05, 0.1) is 0 Å². The molecule has 2 rings (SSSR count). The fourth-order valence-electron chi connectivity index (χ4n) is 1.98. The lowest BCUT2D eigenvalue weighted by Crippen LogP contribution is -2.17. The maximum absolute atomic E-state index is 11.3. The lowest BCUT2D eigenvalue weighted by atomic mass is 10.0. The van der Waals surface area contributed by atoms with Gasteiger partial charge in [-0.05, 0) is 18.9 Å². The third-order valence-electron chi connectivity index (χ3n) is 2.70. The van der Waals surface area contributed by atoms with Gasteiger partial charge in [0, 0.05) is 24.2 Å². The predicted octanol–water partition coefficient (Wildman–Crippen LogP) is 1.75. The molecule has 1 unspecified atom stereocenters. The Bertz CT molecular complexity index is 340. The molecule has 0 amide bonds. The minimum absolute atomic E-state index is 0.156. The molecule has 0 aromatic carbocycles. The first-order valence-corrected chi connectivity index (χ1v) is 4.52. The second-order valence-electron chi connectivity index (χ2n) is 3.33. The number of rotatable bonds is 1. The highest BCUT2D eigenvalue weighted by Crippen LogP contribution is 2.28. The average Bonchev–Trinajstić information content (AvgIpc) is 2.49. The first kappa shape index (κ1) is 7.59. The SMILES string of the molecule is CCC1CCn2c1cccc2=O. The lowest BCUT2D eigenvalue weighted by Gasteiger charge is -2.06. The van der Waals surface area contributed by atoms with E-state index in [0.29, 0.717) is 5.92 Å². The number of aromatic nitrogens is 1. The summed E-state index contributed by atoms with van der Waals surface area (Å²) in [5.74, 6) is 0.610. The van der Waals surface area contributed by atoms with Gasteiger partial charge in [0.15, 0.2) is 0 Å². The van der Waals surface area contributed by atoms with E-state index in [2.05, 4.69) is 13.0 Å². The number of hydrogen-bond donors (Lipinski definition) is 0. The van der Waals surface area contributed by atoms with Crippen molar-refractivity contribution in [3.05, 3.63) is 34.2 Å². The molecule has 64 valence electrons. The molecular weight excluding hydrogens is 150 g/mol. The molecule has 2 nitrogen and oxygen atoms in total. The van der Waals surface area contributed by atoms with Gasteiger partial charge >= 0.3 is 0 Å². The van der Waals surface area contributed by atoms with Crippen molar-refractivity contribution in [1.82, 2.24) is 4.57 Å². The summed E-state index contributed by atoms with van der Waals surface area (Å²) < 4.78 is 1.90. The Balaban J connectivity index is 2.53. The molecule has 1 aliphatic rings. The molecule has 0 radical (unpaired) electrons. The van der Waals surface area contributed by atoms with Crippen LogP contribution in [0.25, 0.3) is 0 Å². The van der Waals surface area contributed by atoms with Crippen LogP contribution >= 0.6 is 0 Å². The summed E-state index contributed by atoms with van der Waals surface area (Å²) in [5.41, 5.74) is 1.38. The van der Waals surface area contributed by atoms with Crippen LogP contribution in [0.1, 0.15) is 31.4 Å². The molecule has 1 atom stereocenters. The van der Waals surface area contributed by atoms with E-state index in [-0.39, 0.29) is 5.56 Å². The van der Waals surface area contributed by atoms with Crippen molar-refractivity contribution >= 4 is 0 Å². The Morgan fingerprint density at radius 3 is 3.17 bits per heavy atom. The zero-order valence-corrected chi connectivity index (χ0v) is 7.29. The van der Waals surface area contributed by atoms with Gasteiger partial charge in [-0.3, -0.25) is 4.79 Å². The van der Waals surface area contributed by atoms with E-state index in [4.69, 9.17) is 0 Å². The van der Waals surface area contributed by atoms with E-state index in [1.807, 2.05) is 10.6 Å². The Hall–Kier alpha value is -1.05. The summed E-state index contributed by atoms with van der Waals surface area (Å²) >= 11 is 0. The fourth-order valence-corrected chi connectivity index (χ4v) is 1.98. The number of nitrogens with zero attached hydrogens (tertiary/aromatic N) is 1. The summed E-state index contributed by atoms with van der Waals surface area (Å²) in [5, 5.41) is 0. The van der Waals surface area contributed by atoms with Crippen molar-refractivity contribution in [2.45, 2.75) is 32.2 Å².